The van der Waals surface area contributed by atoms with Crippen LogP contribution >= 0.6 is 0 Å². The number of rotatable bonds is 8. The van der Waals surface area contributed by atoms with E-state index in [4.69, 9.17) is 0 Å². The summed E-state index contributed by atoms with van der Waals surface area (Å²) in [5.74, 6) is 2.93. The van der Waals surface area contributed by atoms with Gasteiger partial charge < -0.3 is 16.4 Å². The third kappa shape index (κ3) is 7.67. The van der Waals surface area contributed by atoms with Crippen LogP contribution in [0.25, 0.3) is 22.3 Å². The van der Waals surface area contributed by atoms with Crippen molar-refractivity contribution in [1.29, 1.82) is 0 Å². The summed E-state index contributed by atoms with van der Waals surface area (Å²) in [7, 11) is 0. The Kier molecular flexibility index (Phi) is 14.6. The van der Waals surface area contributed by atoms with Crippen molar-refractivity contribution in [1.82, 2.24) is 0 Å². The average Bonchev–Trinajstić information content (AvgIpc) is 2.82. The molecule has 4 heteroatoms. The van der Waals surface area contributed by atoms with Crippen molar-refractivity contribution >= 4 is 20.9 Å². The standard InChI is InChI=1S/C36H49Ge.3H2O/c1-20(2)26-16-30(22(5)6)34(31(17-26)23(7)8)28-14-13-15-29(36(28)37)35-32(24(9)10)18-27(21(3)4)19-33(35)25(11)12;;;/h13-25H,1-12H3;3*1H2. The molecule has 0 amide bonds. The van der Waals surface area contributed by atoms with Gasteiger partial charge in [0.25, 0.3) is 0 Å². The van der Waals surface area contributed by atoms with Crippen molar-refractivity contribution in [2.75, 3.05) is 0 Å². The van der Waals surface area contributed by atoms with E-state index in [-0.39, 0.29) is 16.4 Å². The minimum absolute atomic E-state index is 0. The molecular weight excluding hydrogens is 553 g/mol. The second-order valence-corrected chi connectivity index (χ2v) is 13.9. The molecule has 0 aliphatic carbocycles. The van der Waals surface area contributed by atoms with Crippen LogP contribution in [0.3, 0.4) is 0 Å². The van der Waals surface area contributed by atoms with Crippen LogP contribution in [0.5, 0.6) is 0 Å². The quantitative estimate of drug-likeness (QED) is 0.231. The molecule has 0 unspecified atom stereocenters. The van der Waals surface area contributed by atoms with Gasteiger partial charge in [-0.1, -0.05) is 0 Å². The third-order valence-corrected chi connectivity index (χ3v) is 9.00. The maximum Gasteiger partial charge on any atom is -0.412 e. The Bertz CT molecular complexity index is 1100. The van der Waals surface area contributed by atoms with Crippen LogP contribution in [0, 0.1) is 0 Å². The zero-order valence-corrected chi connectivity index (χ0v) is 29.1. The molecule has 0 heterocycles. The van der Waals surface area contributed by atoms with Crippen LogP contribution in [-0.2, 0) is 0 Å². The van der Waals surface area contributed by atoms with Gasteiger partial charge in [-0.2, -0.15) is 0 Å². The summed E-state index contributed by atoms with van der Waals surface area (Å²) in [6.07, 6.45) is 0. The molecule has 0 bridgehead atoms. The van der Waals surface area contributed by atoms with E-state index in [9.17, 15) is 0 Å². The largest absolute Gasteiger partial charge is 0.412 e. The van der Waals surface area contributed by atoms with E-state index in [1.165, 1.54) is 60.0 Å². The van der Waals surface area contributed by atoms with Gasteiger partial charge in [0.05, 0.1) is 0 Å². The molecule has 0 fully saturated rings. The van der Waals surface area contributed by atoms with Crippen molar-refractivity contribution in [3.05, 3.63) is 75.8 Å². The molecule has 0 aromatic heterocycles. The van der Waals surface area contributed by atoms with Gasteiger partial charge in [-0.3, -0.25) is 0 Å². The Labute approximate surface area is 253 Å². The van der Waals surface area contributed by atoms with Gasteiger partial charge in [-0.15, -0.1) is 0 Å². The molecule has 3 radical (unpaired) electrons. The molecule has 0 aliphatic heterocycles. The molecule has 3 nitrogen and oxygen atoms in total. The normalized spacial score (nSPS) is 11.4. The summed E-state index contributed by atoms with van der Waals surface area (Å²) in [5, 5.41) is 0. The summed E-state index contributed by atoms with van der Waals surface area (Å²) in [6.45, 7) is 28.1. The Morgan fingerprint density at radius 3 is 0.875 bits per heavy atom. The summed E-state index contributed by atoms with van der Waals surface area (Å²) in [5.41, 5.74) is 14.6. The minimum atomic E-state index is 0. The van der Waals surface area contributed by atoms with Gasteiger partial charge in [-0.25, -0.2) is 0 Å². The molecule has 0 saturated carbocycles. The summed E-state index contributed by atoms with van der Waals surface area (Å²) in [4.78, 5) is 0. The second kappa shape index (κ2) is 15.4. The molecule has 221 valence electrons. The van der Waals surface area contributed by atoms with Gasteiger partial charge in [0.2, 0.25) is 0 Å². The Hall–Kier alpha value is -1.92. The fraction of sp³-hybridized carbons (Fsp3) is 0.500. The predicted molar refractivity (Wildman–Crippen MR) is 178 cm³/mol. The minimum Gasteiger partial charge on any atom is -0.412 e. The zero-order chi connectivity index (χ0) is 27.8. The van der Waals surface area contributed by atoms with Gasteiger partial charge >= 0.3 is 238 Å². The van der Waals surface area contributed by atoms with Gasteiger partial charge in [0.15, 0.2) is 0 Å². The van der Waals surface area contributed by atoms with Gasteiger partial charge in [-0.05, 0) is 0 Å². The molecular formula is C36H55GeO3. The topological polar surface area (TPSA) is 94.5 Å². The smallest absolute Gasteiger partial charge is 0.412 e. The first-order valence-electron chi connectivity index (χ1n) is 14.5. The molecule has 40 heavy (non-hydrogen) atoms. The van der Waals surface area contributed by atoms with E-state index in [1.54, 1.807) is 0 Å². The van der Waals surface area contributed by atoms with Crippen molar-refractivity contribution in [2.24, 2.45) is 0 Å². The van der Waals surface area contributed by atoms with Crippen LogP contribution in [0.1, 0.15) is 152 Å². The van der Waals surface area contributed by atoms with Crippen molar-refractivity contribution in [2.45, 2.75) is 119 Å². The maximum absolute atomic E-state index is 2.49. The molecule has 3 aromatic carbocycles. The first kappa shape index (κ1) is 38.1. The molecule has 6 N–H and O–H groups in total. The van der Waals surface area contributed by atoms with E-state index in [2.05, 4.69) is 142 Å². The number of benzene rings is 3. The average molecular weight is 608 g/mol. The maximum atomic E-state index is 2.49. The van der Waals surface area contributed by atoms with Crippen molar-refractivity contribution < 1.29 is 16.4 Å². The van der Waals surface area contributed by atoms with E-state index < -0.39 is 0 Å². The van der Waals surface area contributed by atoms with Crippen molar-refractivity contribution in [3.8, 4) is 22.3 Å². The SMILES string of the molecule is CC(C)c1cc(C(C)C)c(-c2cccc(-c3c(C(C)C)cc(C(C)C)cc3C(C)C)[c]2[Ge])c(C(C)C)c1.O.O.O. The van der Waals surface area contributed by atoms with E-state index >= 15 is 0 Å². The fourth-order valence-corrected chi connectivity index (χ4v) is 6.38. The first-order valence-corrected chi connectivity index (χ1v) is 15.5. The summed E-state index contributed by atoms with van der Waals surface area (Å²) >= 11 is 2.36. The predicted octanol–water partition coefficient (Wildman–Crippen LogP) is 8.08. The van der Waals surface area contributed by atoms with E-state index in [0.717, 1.165) is 0 Å². The molecule has 0 saturated heterocycles. The third-order valence-electron chi connectivity index (χ3n) is 7.87. The molecule has 0 aliphatic rings. The van der Waals surface area contributed by atoms with E-state index in [0.29, 0.717) is 35.5 Å². The van der Waals surface area contributed by atoms with Crippen LogP contribution in [0.15, 0.2) is 42.5 Å². The number of hydrogen-bond acceptors (Lipinski definition) is 0. The summed E-state index contributed by atoms with van der Waals surface area (Å²) < 4.78 is 1.41. The summed E-state index contributed by atoms with van der Waals surface area (Å²) in [6, 6.07) is 17.0. The Morgan fingerprint density at radius 2 is 0.675 bits per heavy atom. The van der Waals surface area contributed by atoms with Crippen LogP contribution < -0.4 is 4.40 Å². The fourth-order valence-electron chi connectivity index (χ4n) is 5.50. The number of hydrogen-bond donors (Lipinski definition) is 0. The molecule has 3 rings (SSSR count). The first-order chi connectivity index (χ1) is 17.3. The van der Waals surface area contributed by atoms with Gasteiger partial charge in [0, 0.05) is 0 Å². The molecule has 0 spiro atoms. The zero-order valence-electron chi connectivity index (χ0n) is 27.0. The van der Waals surface area contributed by atoms with Crippen LogP contribution in [0.2, 0.25) is 0 Å². The van der Waals surface area contributed by atoms with E-state index in [1.807, 2.05) is 0 Å². The second-order valence-electron chi connectivity index (χ2n) is 12.8. The Balaban J connectivity index is 0.00000507. The Morgan fingerprint density at radius 1 is 0.425 bits per heavy atom. The van der Waals surface area contributed by atoms with Gasteiger partial charge in [0.1, 0.15) is 0 Å². The van der Waals surface area contributed by atoms with Crippen LogP contribution in [0.4, 0.5) is 0 Å². The molecule has 0 atom stereocenters. The van der Waals surface area contributed by atoms with Crippen LogP contribution in [-0.4, -0.2) is 32.9 Å². The molecule has 3 aromatic rings. The van der Waals surface area contributed by atoms with Crippen molar-refractivity contribution in [3.63, 3.8) is 0 Å². The monoisotopic (exact) mass is 609 g/mol.